The molecule has 10 heteroatoms. The number of imidazole rings is 1. The van der Waals surface area contributed by atoms with Gasteiger partial charge in [-0.05, 0) is 51.8 Å². The van der Waals surface area contributed by atoms with Crippen molar-refractivity contribution in [2.24, 2.45) is 7.05 Å². The molecule has 0 unspecified atom stereocenters. The van der Waals surface area contributed by atoms with Crippen LogP contribution in [0.25, 0.3) is 22.1 Å². The molecule has 5 rings (SSSR count). The zero-order valence-electron chi connectivity index (χ0n) is 20.3. The first kappa shape index (κ1) is 23.3. The fourth-order valence-electron chi connectivity index (χ4n) is 4.63. The van der Waals surface area contributed by atoms with Crippen LogP contribution in [0.3, 0.4) is 0 Å². The molecule has 0 spiro atoms. The van der Waals surface area contributed by atoms with E-state index in [4.69, 9.17) is 9.72 Å². The lowest BCUT2D eigenvalue weighted by molar-refractivity contribution is 0.0202. The maximum atomic E-state index is 13.2. The summed E-state index contributed by atoms with van der Waals surface area (Å²) in [6.45, 7) is 6.79. The van der Waals surface area contributed by atoms with Crippen molar-refractivity contribution in [3.63, 3.8) is 0 Å². The van der Waals surface area contributed by atoms with Gasteiger partial charge in [-0.15, -0.1) is 0 Å². The van der Waals surface area contributed by atoms with Crippen LogP contribution < -0.4 is 0 Å². The Morgan fingerprint density at radius 3 is 2.43 bits per heavy atom. The van der Waals surface area contributed by atoms with Gasteiger partial charge in [0.25, 0.3) is 10.0 Å². The van der Waals surface area contributed by atoms with E-state index in [1.807, 2.05) is 32.4 Å². The van der Waals surface area contributed by atoms with Crippen molar-refractivity contribution in [1.29, 1.82) is 0 Å². The van der Waals surface area contributed by atoms with E-state index in [-0.39, 0.29) is 16.9 Å². The number of carbonyl (C=O) groups is 1. The molecule has 1 aliphatic heterocycles. The molecule has 35 heavy (non-hydrogen) atoms. The third-order valence-electron chi connectivity index (χ3n) is 6.38. The van der Waals surface area contributed by atoms with E-state index in [0.717, 1.165) is 29.7 Å². The van der Waals surface area contributed by atoms with Crippen LogP contribution in [0.1, 0.15) is 45.4 Å². The van der Waals surface area contributed by atoms with Gasteiger partial charge in [0, 0.05) is 37.6 Å². The number of carbonyl (C=O) groups excluding carboxylic acids is 1. The number of aryl methyl sites for hydroxylation is 1. The van der Waals surface area contributed by atoms with E-state index in [2.05, 4.69) is 4.98 Å². The summed E-state index contributed by atoms with van der Waals surface area (Å²) < 4.78 is 35.1. The zero-order chi connectivity index (χ0) is 25.0. The number of amides is 1. The largest absolute Gasteiger partial charge is 0.444 e. The number of nitrogens with zero attached hydrogens (tertiary/aromatic N) is 5. The number of hydrogen-bond acceptors (Lipinski definition) is 6. The minimum absolute atomic E-state index is 0.177. The third kappa shape index (κ3) is 4.16. The second-order valence-corrected chi connectivity index (χ2v) is 11.7. The monoisotopic (exact) mass is 495 g/mol. The van der Waals surface area contributed by atoms with Crippen LogP contribution in [0, 0.1) is 0 Å². The van der Waals surface area contributed by atoms with E-state index < -0.39 is 15.6 Å². The van der Waals surface area contributed by atoms with Gasteiger partial charge in [0.1, 0.15) is 16.9 Å². The van der Waals surface area contributed by atoms with Crippen LogP contribution in [0.15, 0.2) is 53.7 Å². The average Bonchev–Trinajstić information content (AvgIpc) is 3.40. The standard InChI is InChI=1S/C25H29N5O4S/c1-25(2,3)34-24(31)29-13-10-17(11-14-29)22-27-21-19-12-15-30(23(19)26-16-20(21)28(22)4)35(32,33)18-8-6-5-7-9-18/h5-9,12,15-17H,10-11,13-14H2,1-4H3. The zero-order valence-corrected chi connectivity index (χ0v) is 21.1. The molecule has 0 saturated carbocycles. The highest BCUT2D eigenvalue weighted by atomic mass is 32.2. The van der Waals surface area contributed by atoms with Gasteiger partial charge in [0.05, 0.1) is 16.6 Å². The summed E-state index contributed by atoms with van der Waals surface area (Å²) in [5, 5.41) is 0.690. The van der Waals surface area contributed by atoms with Crippen LogP contribution in [-0.4, -0.2) is 56.6 Å². The molecule has 1 fully saturated rings. The average molecular weight is 496 g/mol. The molecule has 9 nitrogen and oxygen atoms in total. The Morgan fingerprint density at radius 2 is 1.77 bits per heavy atom. The molecular formula is C25H29N5O4S. The normalized spacial score (nSPS) is 15.7. The Bertz CT molecular complexity index is 1510. The Morgan fingerprint density at radius 1 is 1.09 bits per heavy atom. The lowest BCUT2D eigenvalue weighted by Gasteiger charge is -2.33. The Hall–Kier alpha value is -3.40. The van der Waals surface area contributed by atoms with Crippen molar-refractivity contribution in [1.82, 2.24) is 23.4 Å². The predicted molar refractivity (Wildman–Crippen MR) is 133 cm³/mol. The summed E-state index contributed by atoms with van der Waals surface area (Å²) in [4.78, 5) is 23.8. The first-order valence-electron chi connectivity index (χ1n) is 11.7. The summed E-state index contributed by atoms with van der Waals surface area (Å²) >= 11 is 0. The molecule has 4 aromatic rings. The van der Waals surface area contributed by atoms with Gasteiger partial charge in [-0.25, -0.2) is 27.2 Å². The van der Waals surface area contributed by atoms with Gasteiger partial charge >= 0.3 is 6.09 Å². The number of rotatable bonds is 3. The molecule has 3 aromatic heterocycles. The molecule has 1 amide bonds. The minimum atomic E-state index is -3.77. The van der Waals surface area contributed by atoms with Crippen LogP contribution >= 0.6 is 0 Å². The summed E-state index contributed by atoms with van der Waals surface area (Å²) in [7, 11) is -1.82. The molecule has 184 valence electrons. The molecule has 1 aliphatic rings. The number of hydrogen-bond donors (Lipinski definition) is 0. The van der Waals surface area contributed by atoms with Crippen molar-refractivity contribution in [3.05, 3.63) is 54.6 Å². The molecule has 1 aromatic carbocycles. The fourth-order valence-corrected chi connectivity index (χ4v) is 5.95. The van der Waals surface area contributed by atoms with E-state index in [1.54, 1.807) is 47.5 Å². The highest BCUT2D eigenvalue weighted by molar-refractivity contribution is 7.90. The Balaban J connectivity index is 1.45. The predicted octanol–water partition coefficient (Wildman–Crippen LogP) is 4.27. The number of pyridine rings is 1. The van der Waals surface area contributed by atoms with Crippen molar-refractivity contribution in [2.45, 2.75) is 50.0 Å². The lowest BCUT2D eigenvalue weighted by Crippen LogP contribution is -2.41. The minimum Gasteiger partial charge on any atom is -0.444 e. The van der Waals surface area contributed by atoms with Crippen molar-refractivity contribution < 1.29 is 17.9 Å². The van der Waals surface area contributed by atoms with Gasteiger partial charge in [-0.2, -0.15) is 0 Å². The quantitative estimate of drug-likeness (QED) is 0.421. The molecule has 0 N–H and O–H groups in total. The van der Waals surface area contributed by atoms with Crippen molar-refractivity contribution >= 4 is 38.2 Å². The fraction of sp³-hybridized carbons (Fsp3) is 0.400. The van der Waals surface area contributed by atoms with Gasteiger partial charge < -0.3 is 14.2 Å². The molecule has 4 heterocycles. The summed E-state index contributed by atoms with van der Waals surface area (Å²) in [6, 6.07) is 10.1. The van der Waals surface area contributed by atoms with Gasteiger partial charge in [-0.3, -0.25) is 0 Å². The molecule has 0 radical (unpaired) electrons. The van der Waals surface area contributed by atoms with Gasteiger partial charge in [0.2, 0.25) is 0 Å². The smallest absolute Gasteiger partial charge is 0.410 e. The summed E-state index contributed by atoms with van der Waals surface area (Å²) in [5.74, 6) is 1.09. The Labute approximate surface area is 204 Å². The first-order valence-corrected chi connectivity index (χ1v) is 13.1. The molecule has 1 saturated heterocycles. The van der Waals surface area contributed by atoms with Gasteiger partial charge in [0.15, 0.2) is 5.65 Å². The molecule has 0 atom stereocenters. The van der Waals surface area contributed by atoms with E-state index in [1.165, 1.54) is 10.2 Å². The van der Waals surface area contributed by atoms with Gasteiger partial charge in [-0.1, -0.05) is 18.2 Å². The second-order valence-electron chi connectivity index (χ2n) is 9.93. The number of aromatic nitrogens is 4. The van der Waals surface area contributed by atoms with Crippen molar-refractivity contribution in [3.8, 4) is 0 Å². The molecule has 0 aliphatic carbocycles. The maximum Gasteiger partial charge on any atom is 0.410 e. The third-order valence-corrected chi connectivity index (χ3v) is 8.06. The van der Waals surface area contributed by atoms with Crippen LogP contribution in [0.5, 0.6) is 0 Å². The highest BCUT2D eigenvalue weighted by Gasteiger charge is 2.30. The van der Waals surface area contributed by atoms with Crippen LogP contribution in [0.2, 0.25) is 0 Å². The number of ether oxygens (including phenoxy) is 1. The van der Waals surface area contributed by atoms with E-state index in [0.29, 0.717) is 24.1 Å². The number of benzene rings is 1. The molecular weight excluding hydrogens is 466 g/mol. The lowest BCUT2D eigenvalue weighted by atomic mass is 9.96. The van der Waals surface area contributed by atoms with E-state index >= 15 is 0 Å². The number of likely N-dealkylation sites (tertiary alicyclic amines) is 1. The van der Waals surface area contributed by atoms with E-state index in [9.17, 15) is 13.2 Å². The van der Waals surface area contributed by atoms with Crippen molar-refractivity contribution in [2.75, 3.05) is 13.1 Å². The summed E-state index contributed by atoms with van der Waals surface area (Å²) in [6.07, 6.45) is 4.48. The Kier molecular flexibility index (Phi) is 5.58. The summed E-state index contributed by atoms with van der Waals surface area (Å²) in [5.41, 5.74) is 1.40. The van der Waals surface area contributed by atoms with Crippen LogP contribution in [-0.2, 0) is 21.8 Å². The second kappa shape index (κ2) is 8.37. The number of piperidine rings is 1. The molecule has 0 bridgehead atoms. The number of fused-ring (bicyclic) bond motifs is 3. The highest BCUT2D eigenvalue weighted by Crippen LogP contribution is 2.33. The SMILES string of the molecule is Cn1c(C2CCN(C(=O)OC(C)(C)C)CC2)nc2c3ccn(S(=O)(=O)c4ccccc4)c3ncc21. The van der Waals surface area contributed by atoms with Crippen LogP contribution in [0.4, 0.5) is 4.79 Å². The topological polar surface area (TPSA) is 99.3 Å². The first-order chi connectivity index (χ1) is 16.6. The maximum absolute atomic E-state index is 13.2.